The van der Waals surface area contributed by atoms with E-state index in [0.717, 1.165) is 23.6 Å². The maximum atomic E-state index is 14.7. The van der Waals surface area contributed by atoms with Gasteiger partial charge in [0.2, 0.25) is 0 Å². The molecule has 0 unspecified atom stereocenters. The monoisotopic (exact) mass is 414 g/mol. The smallest absolute Gasteiger partial charge is 0.194 e. The highest BCUT2D eigenvalue weighted by atomic mass is 19.2. The quantitative estimate of drug-likeness (QED) is 0.298. The predicted octanol–water partition coefficient (Wildman–Crippen LogP) is 8.51. The minimum Gasteiger partial charge on any atom is -0.206 e. The topological polar surface area (TPSA) is 0 Å². The number of hydrogen-bond donors (Lipinski definition) is 0. The first-order valence-corrected chi connectivity index (χ1v) is 9.97. The SMILES string of the molecule is C.CC1CCC(c2ccc(-c3ccc(-c4cc(F)c(F)c(F)c4)c(F)c3)cc2)CC1. The van der Waals surface area contributed by atoms with Crippen LogP contribution in [0.15, 0.2) is 54.6 Å². The van der Waals surface area contributed by atoms with E-state index in [1.165, 1.54) is 43.4 Å². The van der Waals surface area contributed by atoms with Gasteiger partial charge in [-0.25, -0.2) is 17.6 Å². The Morgan fingerprint density at radius 1 is 0.633 bits per heavy atom. The molecular weight excluding hydrogens is 388 g/mol. The van der Waals surface area contributed by atoms with Gasteiger partial charge in [0, 0.05) is 5.56 Å². The fraction of sp³-hybridized carbons (Fsp3) is 0.308. The summed E-state index contributed by atoms with van der Waals surface area (Å²) in [4.78, 5) is 0. The molecule has 4 rings (SSSR count). The molecule has 4 heteroatoms. The van der Waals surface area contributed by atoms with Crippen molar-refractivity contribution < 1.29 is 17.6 Å². The number of hydrogen-bond acceptors (Lipinski definition) is 0. The highest BCUT2D eigenvalue weighted by Crippen LogP contribution is 2.36. The third-order valence-electron chi connectivity index (χ3n) is 6.00. The molecule has 0 nitrogen and oxygen atoms in total. The van der Waals surface area contributed by atoms with Crippen LogP contribution in [0.5, 0.6) is 0 Å². The van der Waals surface area contributed by atoms with E-state index < -0.39 is 23.3 Å². The molecule has 1 aliphatic carbocycles. The van der Waals surface area contributed by atoms with Crippen molar-refractivity contribution >= 4 is 0 Å². The minimum atomic E-state index is -1.56. The van der Waals surface area contributed by atoms with Crippen LogP contribution >= 0.6 is 0 Å². The second-order valence-corrected chi connectivity index (χ2v) is 8.03. The summed E-state index contributed by atoms with van der Waals surface area (Å²) in [5.41, 5.74) is 2.86. The van der Waals surface area contributed by atoms with Crippen molar-refractivity contribution in [2.75, 3.05) is 0 Å². The fourth-order valence-electron chi connectivity index (χ4n) is 4.18. The minimum absolute atomic E-state index is 0. The molecule has 0 aliphatic heterocycles. The molecule has 158 valence electrons. The van der Waals surface area contributed by atoms with Crippen LogP contribution in [0, 0.1) is 29.2 Å². The predicted molar refractivity (Wildman–Crippen MR) is 114 cm³/mol. The van der Waals surface area contributed by atoms with Crippen molar-refractivity contribution in [3.8, 4) is 22.3 Å². The fourth-order valence-corrected chi connectivity index (χ4v) is 4.18. The zero-order valence-electron chi connectivity index (χ0n) is 16.2. The molecule has 0 aromatic heterocycles. The van der Waals surface area contributed by atoms with E-state index >= 15 is 0 Å². The van der Waals surface area contributed by atoms with Crippen LogP contribution in [0.4, 0.5) is 17.6 Å². The number of rotatable bonds is 3. The molecule has 1 fully saturated rings. The summed E-state index contributed by atoms with van der Waals surface area (Å²) in [7, 11) is 0. The van der Waals surface area contributed by atoms with Gasteiger partial charge in [0.15, 0.2) is 17.5 Å². The molecule has 1 saturated carbocycles. The second kappa shape index (κ2) is 9.03. The molecule has 3 aromatic rings. The standard InChI is InChI=1S/C25H22F4.CH4/c1-15-2-4-16(5-3-15)17-6-8-18(9-7-17)19-10-11-21(22(26)12-19)20-13-23(27)25(29)24(28)14-20;/h6-16H,2-5H2,1H3;1H4. The molecular formula is C26H26F4. The zero-order chi connectivity index (χ0) is 20.5. The molecule has 3 aromatic carbocycles. The Labute approximate surface area is 175 Å². The third-order valence-corrected chi connectivity index (χ3v) is 6.00. The first-order chi connectivity index (χ1) is 13.9. The lowest BCUT2D eigenvalue weighted by molar-refractivity contribution is 0.348. The molecule has 0 atom stereocenters. The highest BCUT2D eigenvalue weighted by Gasteiger charge is 2.20. The number of benzene rings is 3. The van der Waals surface area contributed by atoms with E-state index in [1.54, 1.807) is 6.07 Å². The average molecular weight is 414 g/mol. The summed E-state index contributed by atoms with van der Waals surface area (Å²) >= 11 is 0. The molecule has 0 N–H and O–H groups in total. The van der Waals surface area contributed by atoms with Gasteiger partial charge in [0.25, 0.3) is 0 Å². The Hall–Kier alpha value is -2.62. The van der Waals surface area contributed by atoms with Gasteiger partial charge < -0.3 is 0 Å². The molecule has 0 bridgehead atoms. The van der Waals surface area contributed by atoms with Gasteiger partial charge >= 0.3 is 0 Å². The summed E-state index contributed by atoms with van der Waals surface area (Å²) in [5.74, 6) is -3.46. The van der Waals surface area contributed by atoms with Gasteiger partial charge in [-0.05, 0) is 65.1 Å². The summed E-state index contributed by atoms with van der Waals surface area (Å²) in [6, 6.07) is 14.3. The largest absolute Gasteiger partial charge is 0.206 e. The molecule has 0 amide bonds. The molecule has 0 heterocycles. The van der Waals surface area contributed by atoms with E-state index in [0.29, 0.717) is 11.5 Å². The van der Waals surface area contributed by atoms with Gasteiger partial charge in [-0.1, -0.05) is 63.6 Å². The van der Waals surface area contributed by atoms with Crippen molar-refractivity contribution in [1.82, 2.24) is 0 Å². The van der Waals surface area contributed by atoms with Crippen molar-refractivity contribution in [1.29, 1.82) is 0 Å². The van der Waals surface area contributed by atoms with Crippen molar-refractivity contribution in [3.05, 3.63) is 83.4 Å². The van der Waals surface area contributed by atoms with E-state index in [1.807, 2.05) is 12.1 Å². The van der Waals surface area contributed by atoms with Crippen LogP contribution < -0.4 is 0 Å². The number of halogens is 4. The van der Waals surface area contributed by atoms with E-state index in [-0.39, 0.29) is 18.6 Å². The molecule has 1 aliphatic rings. The van der Waals surface area contributed by atoms with Crippen LogP contribution in [-0.4, -0.2) is 0 Å². The van der Waals surface area contributed by atoms with Gasteiger partial charge in [-0.15, -0.1) is 0 Å². The summed E-state index contributed by atoms with van der Waals surface area (Å²) < 4.78 is 54.8. The van der Waals surface area contributed by atoms with Gasteiger partial charge in [0.05, 0.1) is 0 Å². The van der Waals surface area contributed by atoms with Crippen LogP contribution in [0.3, 0.4) is 0 Å². The second-order valence-electron chi connectivity index (χ2n) is 8.03. The molecule has 0 spiro atoms. The molecule has 0 radical (unpaired) electrons. The van der Waals surface area contributed by atoms with Crippen LogP contribution in [0.25, 0.3) is 22.3 Å². The Balaban J connectivity index is 0.00000256. The van der Waals surface area contributed by atoms with E-state index in [2.05, 4.69) is 19.1 Å². The maximum absolute atomic E-state index is 14.7. The highest BCUT2D eigenvalue weighted by molar-refractivity contribution is 5.71. The van der Waals surface area contributed by atoms with Crippen LogP contribution in [-0.2, 0) is 0 Å². The summed E-state index contributed by atoms with van der Waals surface area (Å²) in [6.07, 6.45) is 4.91. The Kier molecular flexibility index (Phi) is 6.64. The Morgan fingerprint density at radius 3 is 1.73 bits per heavy atom. The van der Waals surface area contributed by atoms with Gasteiger partial charge in [-0.2, -0.15) is 0 Å². The van der Waals surface area contributed by atoms with Crippen LogP contribution in [0.2, 0.25) is 0 Å². The molecule has 0 saturated heterocycles. The van der Waals surface area contributed by atoms with Gasteiger partial charge in [-0.3, -0.25) is 0 Å². The Morgan fingerprint density at radius 2 is 1.17 bits per heavy atom. The lowest BCUT2D eigenvalue weighted by atomic mass is 9.79. The Bertz CT molecular complexity index is 993. The van der Waals surface area contributed by atoms with Crippen LogP contribution in [0.1, 0.15) is 51.5 Å². The third kappa shape index (κ3) is 4.43. The summed E-state index contributed by atoms with van der Waals surface area (Å²) in [6.45, 7) is 2.30. The van der Waals surface area contributed by atoms with E-state index in [9.17, 15) is 17.6 Å². The van der Waals surface area contributed by atoms with Crippen molar-refractivity contribution in [2.45, 2.75) is 46.0 Å². The summed E-state index contributed by atoms with van der Waals surface area (Å²) in [5, 5.41) is 0. The maximum Gasteiger partial charge on any atom is 0.194 e. The normalized spacial score (nSPS) is 18.7. The zero-order valence-corrected chi connectivity index (χ0v) is 16.2. The van der Waals surface area contributed by atoms with Crippen molar-refractivity contribution in [2.24, 2.45) is 5.92 Å². The molecule has 30 heavy (non-hydrogen) atoms. The average Bonchev–Trinajstić information content (AvgIpc) is 2.72. The lowest BCUT2D eigenvalue weighted by Gasteiger charge is -2.26. The van der Waals surface area contributed by atoms with Gasteiger partial charge in [0.1, 0.15) is 5.82 Å². The lowest BCUT2D eigenvalue weighted by Crippen LogP contribution is -2.10. The van der Waals surface area contributed by atoms with E-state index in [4.69, 9.17) is 0 Å². The first-order valence-electron chi connectivity index (χ1n) is 9.97. The van der Waals surface area contributed by atoms with Crippen molar-refractivity contribution in [3.63, 3.8) is 0 Å². The first kappa shape index (κ1) is 22.1.